The van der Waals surface area contributed by atoms with Crippen LogP contribution in [0.3, 0.4) is 0 Å². The van der Waals surface area contributed by atoms with Crippen LogP contribution in [0.15, 0.2) is 44.4 Å². The Morgan fingerprint density at radius 2 is 2.06 bits per heavy atom. The summed E-state index contributed by atoms with van der Waals surface area (Å²) in [6.07, 6.45) is 1.90. The molecule has 1 N–H and O–H groups in total. The highest BCUT2D eigenvalue weighted by molar-refractivity contribution is 7.91. The van der Waals surface area contributed by atoms with Crippen molar-refractivity contribution in [1.82, 2.24) is 14.4 Å². The van der Waals surface area contributed by atoms with Crippen molar-refractivity contribution >= 4 is 33.0 Å². The van der Waals surface area contributed by atoms with Gasteiger partial charge in [0.15, 0.2) is 0 Å². The summed E-state index contributed by atoms with van der Waals surface area (Å²) in [6, 6.07) is 9.35. The van der Waals surface area contributed by atoms with Crippen LogP contribution in [0.2, 0.25) is 0 Å². The Balaban J connectivity index is 1.44. The molecule has 1 saturated heterocycles. The molecular formula is C23H28N4O4S2. The molecule has 3 aromatic rings. The molecule has 1 aliphatic rings. The summed E-state index contributed by atoms with van der Waals surface area (Å²) in [5, 5.41) is 8.57. The predicted molar refractivity (Wildman–Crippen MR) is 128 cm³/mol. The van der Waals surface area contributed by atoms with E-state index in [1.165, 1.54) is 9.87 Å². The monoisotopic (exact) mass is 488 g/mol. The molecule has 1 fully saturated rings. The summed E-state index contributed by atoms with van der Waals surface area (Å²) in [7, 11) is -3.72. The zero-order chi connectivity index (χ0) is 23.6. The number of amides is 1. The van der Waals surface area contributed by atoms with Crippen molar-refractivity contribution in [1.29, 1.82) is 0 Å². The van der Waals surface area contributed by atoms with Gasteiger partial charge in [0.05, 0.1) is 5.92 Å². The molecule has 3 heterocycles. The molecule has 1 amide bonds. The number of hydrogen-bond donors (Lipinski definition) is 1. The Morgan fingerprint density at radius 3 is 2.73 bits per heavy atom. The number of nitrogens with zero attached hydrogens (tertiary/aromatic N) is 3. The van der Waals surface area contributed by atoms with Crippen LogP contribution in [-0.4, -0.2) is 41.9 Å². The van der Waals surface area contributed by atoms with E-state index in [4.69, 9.17) is 4.52 Å². The summed E-state index contributed by atoms with van der Waals surface area (Å²) in [5.74, 6) is 0.742. The maximum Gasteiger partial charge on any atom is 0.252 e. The first-order valence-electron chi connectivity index (χ1n) is 11.1. The largest absolute Gasteiger partial charge is 0.339 e. The summed E-state index contributed by atoms with van der Waals surface area (Å²) < 4.78 is 33.3. The molecule has 0 radical (unpaired) electrons. The lowest BCUT2D eigenvalue weighted by Gasteiger charge is -2.30. The Labute approximate surface area is 198 Å². The number of hydrogen-bond acceptors (Lipinski definition) is 7. The van der Waals surface area contributed by atoms with Gasteiger partial charge in [-0.2, -0.15) is 9.29 Å². The summed E-state index contributed by atoms with van der Waals surface area (Å²) in [5.41, 5.74) is 2.53. The fourth-order valence-electron chi connectivity index (χ4n) is 3.78. The first kappa shape index (κ1) is 23.6. The minimum Gasteiger partial charge on any atom is -0.339 e. The molecule has 8 nitrogen and oxygen atoms in total. The first-order chi connectivity index (χ1) is 15.8. The fraction of sp³-hybridized carbons (Fsp3) is 0.435. The van der Waals surface area contributed by atoms with Gasteiger partial charge < -0.3 is 9.84 Å². The van der Waals surface area contributed by atoms with Gasteiger partial charge in [-0.1, -0.05) is 38.1 Å². The highest BCUT2D eigenvalue weighted by Crippen LogP contribution is 2.31. The number of nitrogens with one attached hydrogen (secondary N) is 1. The average molecular weight is 489 g/mol. The van der Waals surface area contributed by atoms with E-state index in [9.17, 15) is 13.2 Å². The highest BCUT2D eigenvalue weighted by Gasteiger charge is 2.34. The third-order valence-corrected chi connectivity index (χ3v) is 9.08. The molecule has 0 bridgehead atoms. The molecular weight excluding hydrogens is 460 g/mol. The molecule has 1 aliphatic heterocycles. The zero-order valence-electron chi connectivity index (χ0n) is 18.9. The fourth-order valence-corrected chi connectivity index (χ4v) is 6.62. The van der Waals surface area contributed by atoms with Gasteiger partial charge in [-0.15, -0.1) is 11.3 Å². The Morgan fingerprint density at radius 1 is 1.30 bits per heavy atom. The van der Waals surface area contributed by atoms with Crippen LogP contribution in [0.1, 0.15) is 51.0 Å². The maximum absolute atomic E-state index is 13.3. The van der Waals surface area contributed by atoms with Crippen molar-refractivity contribution in [3.05, 3.63) is 47.2 Å². The second-order valence-electron chi connectivity index (χ2n) is 8.49. The molecule has 33 heavy (non-hydrogen) atoms. The number of piperidine rings is 1. The van der Waals surface area contributed by atoms with Gasteiger partial charge in [-0.25, -0.2) is 8.42 Å². The summed E-state index contributed by atoms with van der Waals surface area (Å²) in [6.45, 7) is 6.69. The van der Waals surface area contributed by atoms with E-state index < -0.39 is 15.9 Å². The summed E-state index contributed by atoms with van der Waals surface area (Å²) in [4.78, 5) is 17.1. The lowest BCUT2D eigenvalue weighted by molar-refractivity contribution is -0.120. The number of rotatable bonds is 7. The Bertz CT molecular complexity index is 1220. The zero-order valence-corrected chi connectivity index (χ0v) is 20.6. The number of sulfonamides is 1. The number of benzene rings is 1. The van der Waals surface area contributed by atoms with Gasteiger partial charge in [0.2, 0.25) is 17.6 Å². The molecule has 0 saturated carbocycles. The van der Waals surface area contributed by atoms with Crippen LogP contribution >= 0.6 is 11.3 Å². The van der Waals surface area contributed by atoms with E-state index in [2.05, 4.69) is 29.3 Å². The third kappa shape index (κ3) is 5.18. The van der Waals surface area contributed by atoms with E-state index in [1.54, 1.807) is 11.4 Å². The van der Waals surface area contributed by atoms with E-state index in [0.717, 1.165) is 17.0 Å². The molecule has 176 valence electrons. The third-order valence-electron chi connectivity index (χ3n) is 5.80. The minimum absolute atomic E-state index is 0.155. The minimum atomic E-state index is -3.72. The standard InChI is InChI=1S/C23H28N4O4S2/c1-4-20-25-22(26-31-20)18-12-21(32-14-18)33(29,30)27-11-5-6-17(13-27)23(28)24-19-9-7-16(8-10-19)15(2)3/h7-10,12,14-15,17H,4-6,11,13H2,1-3H3,(H,24,28)/t17-/m0/s1. The van der Waals surface area contributed by atoms with Gasteiger partial charge in [0.1, 0.15) is 4.21 Å². The predicted octanol–water partition coefficient (Wildman–Crippen LogP) is 4.52. The Kier molecular flexibility index (Phi) is 6.96. The number of carbonyl (C=O) groups excluding carboxylic acids is 1. The van der Waals surface area contributed by atoms with Gasteiger partial charge in [-0.3, -0.25) is 4.79 Å². The van der Waals surface area contributed by atoms with Crippen LogP contribution in [0.25, 0.3) is 11.4 Å². The van der Waals surface area contributed by atoms with Gasteiger partial charge in [0, 0.05) is 36.1 Å². The van der Waals surface area contributed by atoms with Gasteiger partial charge in [0.25, 0.3) is 10.0 Å². The Hall–Kier alpha value is -2.56. The molecule has 2 aromatic heterocycles. The second-order valence-corrected chi connectivity index (χ2v) is 11.6. The van der Waals surface area contributed by atoms with E-state index in [-0.39, 0.29) is 16.7 Å². The van der Waals surface area contributed by atoms with Gasteiger partial charge >= 0.3 is 0 Å². The number of anilines is 1. The SMILES string of the molecule is CCc1nc(-c2csc(S(=O)(=O)N3CCC[C@H](C(=O)Nc4ccc(C(C)C)cc4)C3)c2)no1. The molecule has 1 aromatic carbocycles. The first-order valence-corrected chi connectivity index (χ1v) is 13.4. The van der Waals surface area contributed by atoms with Crippen molar-refractivity contribution in [2.24, 2.45) is 5.92 Å². The number of carbonyl (C=O) groups is 1. The van der Waals surface area contributed by atoms with Crippen molar-refractivity contribution in [3.8, 4) is 11.4 Å². The topological polar surface area (TPSA) is 105 Å². The van der Waals surface area contributed by atoms with Crippen LogP contribution in [-0.2, 0) is 21.2 Å². The molecule has 4 rings (SSSR count). The molecule has 0 aliphatic carbocycles. The smallest absolute Gasteiger partial charge is 0.252 e. The van der Waals surface area contributed by atoms with Crippen molar-refractivity contribution in [2.45, 2.75) is 50.2 Å². The highest BCUT2D eigenvalue weighted by atomic mass is 32.2. The van der Waals surface area contributed by atoms with Gasteiger partial charge in [-0.05, 0) is 42.5 Å². The average Bonchev–Trinajstić information content (AvgIpc) is 3.49. The number of aromatic nitrogens is 2. The lowest BCUT2D eigenvalue weighted by Crippen LogP contribution is -2.43. The molecule has 0 spiro atoms. The van der Waals surface area contributed by atoms with Crippen LogP contribution in [0, 0.1) is 5.92 Å². The van der Waals surface area contributed by atoms with Crippen LogP contribution in [0.4, 0.5) is 5.69 Å². The maximum atomic E-state index is 13.3. The molecule has 10 heteroatoms. The second kappa shape index (κ2) is 9.74. The normalized spacial score (nSPS) is 17.4. The van der Waals surface area contributed by atoms with Crippen molar-refractivity contribution < 1.29 is 17.7 Å². The number of thiophene rings is 1. The molecule has 1 atom stereocenters. The van der Waals surface area contributed by atoms with Crippen LogP contribution in [0.5, 0.6) is 0 Å². The van der Waals surface area contributed by atoms with E-state index in [1.807, 2.05) is 31.2 Å². The lowest BCUT2D eigenvalue weighted by atomic mass is 9.98. The number of aryl methyl sites for hydroxylation is 1. The van der Waals surface area contributed by atoms with Crippen molar-refractivity contribution in [2.75, 3.05) is 18.4 Å². The quantitative estimate of drug-likeness (QED) is 0.524. The molecule has 0 unspecified atom stereocenters. The van der Waals surface area contributed by atoms with Crippen LogP contribution < -0.4 is 5.32 Å². The van der Waals surface area contributed by atoms with E-state index in [0.29, 0.717) is 49.0 Å². The van der Waals surface area contributed by atoms with E-state index >= 15 is 0 Å². The van der Waals surface area contributed by atoms with Crippen molar-refractivity contribution in [3.63, 3.8) is 0 Å². The summed E-state index contributed by atoms with van der Waals surface area (Å²) >= 11 is 1.13.